The average molecular weight is 215 g/mol. The van der Waals surface area contributed by atoms with Crippen LogP contribution in [0.5, 0.6) is 0 Å². The lowest BCUT2D eigenvalue weighted by atomic mass is 10.1. The minimum absolute atomic E-state index is 0.400. The smallest absolute Gasteiger partial charge is 0.299 e. The summed E-state index contributed by atoms with van der Waals surface area (Å²) in [6, 6.07) is 5.51. The number of hydrogen-bond donors (Lipinski definition) is 0. The van der Waals surface area contributed by atoms with E-state index in [0.29, 0.717) is 18.5 Å². The standard InChI is InChI=1S/C13H13NO2/c1-3-4-7-14-11-6-5-9(2)8-10(11)12(15)13(14)16/h3,5-6,8H,1,4,7H2,2H3. The molecule has 1 aliphatic rings. The van der Waals surface area contributed by atoms with Gasteiger partial charge in [-0.2, -0.15) is 0 Å². The van der Waals surface area contributed by atoms with E-state index in [1.807, 2.05) is 19.1 Å². The van der Waals surface area contributed by atoms with Gasteiger partial charge < -0.3 is 4.90 Å². The Bertz CT molecular complexity index is 477. The topological polar surface area (TPSA) is 37.4 Å². The van der Waals surface area contributed by atoms with Crippen molar-refractivity contribution in [3.63, 3.8) is 0 Å². The van der Waals surface area contributed by atoms with Crippen molar-refractivity contribution in [3.8, 4) is 0 Å². The number of nitrogens with zero attached hydrogens (tertiary/aromatic N) is 1. The van der Waals surface area contributed by atoms with Crippen LogP contribution in [0.2, 0.25) is 0 Å². The molecular formula is C13H13NO2. The van der Waals surface area contributed by atoms with Gasteiger partial charge in [0.05, 0.1) is 11.3 Å². The lowest BCUT2D eigenvalue weighted by Gasteiger charge is -2.15. The number of carbonyl (C=O) groups is 2. The third kappa shape index (κ3) is 1.54. The van der Waals surface area contributed by atoms with Crippen LogP contribution in [-0.2, 0) is 4.79 Å². The molecule has 0 unspecified atom stereocenters. The number of carbonyl (C=O) groups excluding carboxylic acids is 2. The molecule has 1 aromatic rings. The first-order valence-electron chi connectivity index (χ1n) is 5.23. The molecular weight excluding hydrogens is 202 g/mol. The molecule has 0 saturated carbocycles. The molecule has 0 N–H and O–H groups in total. The molecule has 0 saturated heterocycles. The predicted octanol–water partition coefficient (Wildman–Crippen LogP) is 2.10. The van der Waals surface area contributed by atoms with Crippen LogP contribution in [0.3, 0.4) is 0 Å². The summed E-state index contributed by atoms with van der Waals surface area (Å²) in [6.07, 6.45) is 2.43. The zero-order valence-corrected chi connectivity index (χ0v) is 9.19. The second-order valence-corrected chi connectivity index (χ2v) is 3.88. The van der Waals surface area contributed by atoms with E-state index in [1.54, 1.807) is 12.1 Å². The maximum atomic E-state index is 11.7. The molecule has 1 aromatic carbocycles. The van der Waals surface area contributed by atoms with Crippen LogP contribution < -0.4 is 4.90 Å². The summed E-state index contributed by atoms with van der Waals surface area (Å²) in [6.45, 7) is 6.04. The van der Waals surface area contributed by atoms with Crippen molar-refractivity contribution < 1.29 is 9.59 Å². The van der Waals surface area contributed by atoms with Crippen molar-refractivity contribution >= 4 is 17.4 Å². The second-order valence-electron chi connectivity index (χ2n) is 3.88. The summed E-state index contributed by atoms with van der Waals surface area (Å²) < 4.78 is 0. The molecule has 0 radical (unpaired) electrons. The van der Waals surface area contributed by atoms with Gasteiger partial charge in [0.15, 0.2) is 0 Å². The van der Waals surface area contributed by atoms with Gasteiger partial charge in [0, 0.05) is 6.54 Å². The third-order valence-corrected chi connectivity index (χ3v) is 2.68. The number of fused-ring (bicyclic) bond motifs is 1. The summed E-state index contributed by atoms with van der Waals surface area (Å²) in [5, 5.41) is 0. The van der Waals surface area contributed by atoms with Gasteiger partial charge in [-0.25, -0.2) is 0 Å². The van der Waals surface area contributed by atoms with Gasteiger partial charge in [-0.1, -0.05) is 17.7 Å². The van der Waals surface area contributed by atoms with E-state index in [4.69, 9.17) is 0 Å². The Labute approximate surface area is 94.4 Å². The van der Waals surface area contributed by atoms with Gasteiger partial charge in [-0.3, -0.25) is 9.59 Å². The van der Waals surface area contributed by atoms with Gasteiger partial charge in [0.2, 0.25) is 0 Å². The van der Waals surface area contributed by atoms with Crippen molar-refractivity contribution in [1.82, 2.24) is 0 Å². The van der Waals surface area contributed by atoms with Crippen LogP contribution in [-0.4, -0.2) is 18.2 Å². The molecule has 0 aliphatic carbocycles. The van der Waals surface area contributed by atoms with Crippen LogP contribution >= 0.6 is 0 Å². The molecule has 1 aliphatic heterocycles. The van der Waals surface area contributed by atoms with Crippen LogP contribution in [0.25, 0.3) is 0 Å². The van der Waals surface area contributed by atoms with Crippen LogP contribution in [0.1, 0.15) is 22.3 Å². The summed E-state index contributed by atoms with van der Waals surface area (Å²) in [5.41, 5.74) is 2.24. The Hall–Kier alpha value is -1.90. The van der Waals surface area contributed by atoms with Crippen molar-refractivity contribution in [2.45, 2.75) is 13.3 Å². The van der Waals surface area contributed by atoms with Crippen molar-refractivity contribution in [2.75, 3.05) is 11.4 Å². The maximum absolute atomic E-state index is 11.7. The van der Waals surface area contributed by atoms with Gasteiger partial charge in [0.1, 0.15) is 0 Å². The molecule has 3 heteroatoms. The lowest BCUT2D eigenvalue weighted by Crippen LogP contribution is -2.30. The third-order valence-electron chi connectivity index (χ3n) is 2.68. The Morgan fingerprint density at radius 3 is 2.81 bits per heavy atom. The molecule has 3 nitrogen and oxygen atoms in total. The van der Waals surface area contributed by atoms with E-state index in [0.717, 1.165) is 11.3 Å². The Morgan fingerprint density at radius 2 is 2.12 bits per heavy atom. The number of amides is 1. The minimum Gasteiger partial charge on any atom is -0.304 e. The van der Waals surface area contributed by atoms with Crippen molar-refractivity contribution in [1.29, 1.82) is 0 Å². The molecule has 82 valence electrons. The van der Waals surface area contributed by atoms with E-state index < -0.39 is 11.7 Å². The predicted molar refractivity (Wildman–Crippen MR) is 62.7 cm³/mol. The Kier molecular flexibility index (Phi) is 2.60. The van der Waals surface area contributed by atoms with Crippen LogP contribution in [0.15, 0.2) is 30.9 Å². The van der Waals surface area contributed by atoms with Gasteiger partial charge >= 0.3 is 0 Å². The van der Waals surface area contributed by atoms with E-state index in [9.17, 15) is 9.59 Å². The number of hydrogen-bond acceptors (Lipinski definition) is 2. The van der Waals surface area contributed by atoms with Crippen molar-refractivity contribution in [2.24, 2.45) is 0 Å². The molecule has 0 spiro atoms. The fourth-order valence-corrected chi connectivity index (χ4v) is 1.86. The van der Waals surface area contributed by atoms with Gasteiger partial charge in [-0.15, -0.1) is 6.58 Å². The summed E-state index contributed by atoms with van der Waals surface area (Å²) >= 11 is 0. The van der Waals surface area contributed by atoms with Gasteiger partial charge in [0.25, 0.3) is 11.7 Å². The number of anilines is 1. The molecule has 0 fully saturated rings. The number of aryl methyl sites for hydroxylation is 1. The monoisotopic (exact) mass is 215 g/mol. The number of benzene rings is 1. The lowest BCUT2D eigenvalue weighted by molar-refractivity contribution is -0.114. The first kappa shape index (κ1) is 10.6. The molecule has 0 atom stereocenters. The zero-order valence-electron chi connectivity index (χ0n) is 9.19. The first-order valence-corrected chi connectivity index (χ1v) is 5.23. The Morgan fingerprint density at radius 1 is 1.38 bits per heavy atom. The molecule has 1 heterocycles. The van der Waals surface area contributed by atoms with E-state index >= 15 is 0 Å². The second kappa shape index (κ2) is 3.93. The highest BCUT2D eigenvalue weighted by Crippen LogP contribution is 2.29. The number of ketones is 1. The largest absolute Gasteiger partial charge is 0.304 e. The van der Waals surface area contributed by atoms with Crippen LogP contribution in [0.4, 0.5) is 5.69 Å². The fraction of sp³-hybridized carbons (Fsp3) is 0.231. The maximum Gasteiger partial charge on any atom is 0.299 e. The minimum atomic E-state index is -0.428. The molecule has 0 aromatic heterocycles. The van der Waals surface area contributed by atoms with Crippen LogP contribution in [0, 0.1) is 6.92 Å². The fourth-order valence-electron chi connectivity index (χ4n) is 1.86. The first-order chi connectivity index (χ1) is 7.65. The summed E-state index contributed by atoms with van der Waals surface area (Å²) in [5.74, 6) is -0.829. The molecule has 2 rings (SSSR count). The van der Waals surface area contributed by atoms with E-state index in [1.165, 1.54) is 4.90 Å². The number of Topliss-reactive ketones (excluding diaryl/α,β-unsaturated/α-hetero) is 1. The number of rotatable bonds is 3. The normalized spacial score (nSPS) is 14.2. The summed E-state index contributed by atoms with van der Waals surface area (Å²) in [7, 11) is 0. The SMILES string of the molecule is C=CCCN1C(=O)C(=O)c2cc(C)ccc21. The van der Waals surface area contributed by atoms with E-state index in [2.05, 4.69) is 6.58 Å². The highest BCUT2D eigenvalue weighted by molar-refractivity contribution is 6.52. The summed E-state index contributed by atoms with van der Waals surface area (Å²) in [4.78, 5) is 25.0. The Balaban J connectivity index is 2.41. The highest BCUT2D eigenvalue weighted by atomic mass is 16.2. The zero-order chi connectivity index (χ0) is 11.7. The van der Waals surface area contributed by atoms with Crippen molar-refractivity contribution in [3.05, 3.63) is 42.0 Å². The molecule has 1 amide bonds. The van der Waals surface area contributed by atoms with Gasteiger partial charge in [-0.05, 0) is 25.5 Å². The van der Waals surface area contributed by atoms with E-state index in [-0.39, 0.29) is 0 Å². The average Bonchev–Trinajstić information content (AvgIpc) is 2.50. The molecule has 0 bridgehead atoms. The molecule has 16 heavy (non-hydrogen) atoms. The quantitative estimate of drug-likeness (QED) is 0.572. The highest BCUT2D eigenvalue weighted by Gasteiger charge is 2.34.